The van der Waals surface area contributed by atoms with Gasteiger partial charge in [-0.05, 0) is 12.1 Å². The summed E-state index contributed by atoms with van der Waals surface area (Å²) in [5.74, 6) is -0.741. The van der Waals surface area contributed by atoms with E-state index in [2.05, 4.69) is 20.4 Å². The normalized spacial score (nSPS) is 19.6. The molecule has 2 aromatic heterocycles. The molecule has 2 unspecified atom stereocenters. The molecule has 7 N–H and O–H groups in total. The van der Waals surface area contributed by atoms with Gasteiger partial charge in [-0.2, -0.15) is 11.8 Å². The summed E-state index contributed by atoms with van der Waals surface area (Å²) in [4.78, 5) is 47.9. The van der Waals surface area contributed by atoms with E-state index in [4.69, 9.17) is 11.5 Å². The van der Waals surface area contributed by atoms with Gasteiger partial charge in [-0.25, -0.2) is 14.8 Å². The van der Waals surface area contributed by atoms with Crippen molar-refractivity contribution in [2.75, 3.05) is 23.8 Å². The van der Waals surface area contributed by atoms with Crippen LogP contribution in [0.2, 0.25) is 0 Å². The number of anilines is 1. The van der Waals surface area contributed by atoms with Gasteiger partial charge in [0.15, 0.2) is 5.71 Å². The molecule has 4 rings (SSSR count). The lowest BCUT2D eigenvalue weighted by Crippen LogP contribution is -2.71. The Bertz CT molecular complexity index is 1250. The number of thiazole rings is 1. The number of carboxylic acid groups (broad SMARTS) is 1. The average Bonchev–Trinajstić information content (AvgIpc) is 3.29. The molecule has 2 aromatic rings. The molecule has 2 aliphatic heterocycles. The van der Waals surface area contributed by atoms with Crippen molar-refractivity contribution in [3.05, 3.63) is 45.7 Å². The van der Waals surface area contributed by atoms with Gasteiger partial charge in [0, 0.05) is 28.7 Å². The molecule has 0 spiro atoms. The molecule has 2 aliphatic rings. The van der Waals surface area contributed by atoms with Crippen molar-refractivity contribution in [1.82, 2.24) is 20.2 Å². The second kappa shape index (κ2) is 11.5. The van der Waals surface area contributed by atoms with Gasteiger partial charge in [-0.15, -0.1) is 23.1 Å². The molecule has 1 fully saturated rings. The Kier molecular flexibility index (Phi) is 8.40. The predicted molar refractivity (Wildman–Crippen MR) is 140 cm³/mol. The van der Waals surface area contributed by atoms with Crippen molar-refractivity contribution < 1.29 is 24.7 Å². The van der Waals surface area contributed by atoms with E-state index in [9.17, 15) is 24.7 Å². The highest BCUT2D eigenvalue weighted by Gasteiger charge is 2.54. The van der Waals surface area contributed by atoms with E-state index >= 15 is 0 Å². The number of aromatic nitrogens is 2. The van der Waals surface area contributed by atoms with Gasteiger partial charge in [0.1, 0.15) is 28.6 Å². The molecule has 36 heavy (non-hydrogen) atoms. The fourth-order valence-electron chi connectivity index (χ4n) is 3.48. The Labute approximate surface area is 222 Å². The summed E-state index contributed by atoms with van der Waals surface area (Å²) in [6.45, 7) is 0.556. The zero-order valence-electron chi connectivity index (χ0n) is 18.5. The maximum atomic E-state index is 13.0. The zero-order valence-corrected chi connectivity index (χ0v) is 21.8. The lowest BCUT2D eigenvalue weighted by molar-refractivity contribution is -0.150. The zero-order chi connectivity index (χ0) is 25.8. The first-order valence-corrected chi connectivity index (χ1v) is 14.3. The number of fused-ring (bicyclic) bond motifs is 1. The molecule has 1 saturated heterocycles. The predicted octanol–water partition coefficient (Wildman–Crippen LogP) is 0.979. The van der Waals surface area contributed by atoms with Crippen LogP contribution in [0.15, 0.2) is 43.7 Å². The molecule has 12 nitrogen and oxygen atoms in total. The number of nitrogens with one attached hydrogen (secondary N) is 1. The van der Waals surface area contributed by atoms with Crippen LogP contribution in [0.4, 0.5) is 5.82 Å². The number of oxime groups is 1. The minimum Gasteiger partial charge on any atom is -0.477 e. The Morgan fingerprint density at radius 1 is 1.36 bits per heavy atom. The largest absolute Gasteiger partial charge is 0.477 e. The third kappa shape index (κ3) is 5.31. The number of nitrogen functional groups attached to an aromatic ring is 1. The smallest absolute Gasteiger partial charge is 0.353 e. The van der Waals surface area contributed by atoms with Crippen LogP contribution in [-0.2, 0) is 20.1 Å². The number of amides is 2. The molecular formula is C20H21N7O5S4. The van der Waals surface area contributed by atoms with Gasteiger partial charge in [0.05, 0.1) is 15.4 Å². The lowest BCUT2D eigenvalue weighted by atomic mass is 10.0. The molecule has 0 bridgehead atoms. The second-order valence-electron chi connectivity index (χ2n) is 7.36. The molecule has 0 radical (unpaired) electrons. The second-order valence-corrected chi connectivity index (χ2v) is 11.8. The average molecular weight is 568 g/mol. The Morgan fingerprint density at radius 3 is 2.86 bits per heavy atom. The van der Waals surface area contributed by atoms with E-state index in [0.29, 0.717) is 23.0 Å². The number of pyridine rings is 1. The third-order valence-electron chi connectivity index (χ3n) is 5.07. The molecule has 0 saturated carbocycles. The first-order chi connectivity index (χ1) is 17.3. The number of β-lactam (4-membered cyclic amide) rings is 1. The molecule has 0 aliphatic carbocycles. The van der Waals surface area contributed by atoms with Crippen LogP contribution >= 0.6 is 46.6 Å². The van der Waals surface area contributed by atoms with Crippen LogP contribution in [0.1, 0.15) is 11.4 Å². The number of carbonyl (C=O) groups excluding carboxylic acids is 2. The van der Waals surface area contributed by atoms with Crippen molar-refractivity contribution in [3.8, 4) is 0 Å². The summed E-state index contributed by atoms with van der Waals surface area (Å²) in [5, 5.41) is 24.2. The van der Waals surface area contributed by atoms with Crippen LogP contribution in [0.3, 0.4) is 0 Å². The summed E-state index contributed by atoms with van der Waals surface area (Å²) in [5.41, 5.74) is 13.2. The number of carbonyl (C=O) groups is 3. The highest BCUT2D eigenvalue weighted by atomic mass is 32.2. The summed E-state index contributed by atoms with van der Waals surface area (Å²) in [6.07, 6.45) is 0. The molecule has 2 atom stereocenters. The van der Waals surface area contributed by atoms with Crippen LogP contribution in [0.5, 0.6) is 0 Å². The van der Waals surface area contributed by atoms with Crippen molar-refractivity contribution in [2.24, 2.45) is 10.9 Å². The van der Waals surface area contributed by atoms with Crippen LogP contribution in [0, 0.1) is 0 Å². The van der Waals surface area contributed by atoms with Crippen molar-refractivity contribution in [2.45, 2.75) is 21.4 Å². The van der Waals surface area contributed by atoms with Gasteiger partial charge in [-0.1, -0.05) is 23.0 Å². The third-order valence-corrected chi connectivity index (χ3v) is 9.74. The summed E-state index contributed by atoms with van der Waals surface area (Å²) in [6, 6.07) is 3.49. The van der Waals surface area contributed by atoms with Crippen molar-refractivity contribution in [1.29, 1.82) is 0 Å². The summed E-state index contributed by atoms with van der Waals surface area (Å²) in [7, 11) is 0. The number of thioether (sulfide) groups is 3. The minimum atomic E-state index is -1.23. The fraction of sp³-hybridized carbons (Fsp3) is 0.300. The molecule has 0 aromatic carbocycles. The monoisotopic (exact) mass is 567 g/mol. The molecular weight excluding hydrogens is 547 g/mol. The highest BCUT2D eigenvalue weighted by molar-refractivity contribution is 8.07. The van der Waals surface area contributed by atoms with Gasteiger partial charge < -0.3 is 27.1 Å². The van der Waals surface area contributed by atoms with E-state index in [1.54, 1.807) is 17.3 Å². The van der Waals surface area contributed by atoms with E-state index in [1.165, 1.54) is 58.0 Å². The van der Waals surface area contributed by atoms with E-state index in [1.807, 2.05) is 0 Å². The maximum Gasteiger partial charge on any atom is 0.353 e. The van der Waals surface area contributed by atoms with Gasteiger partial charge in [0.2, 0.25) is 0 Å². The minimum absolute atomic E-state index is 0.0321. The number of hydrogen-bond donors (Lipinski definition) is 5. The lowest BCUT2D eigenvalue weighted by Gasteiger charge is -2.49. The van der Waals surface area contributed by atoms with Crippen LogP contribution in [-0.4, -0.2) is 78.1 Å². The summed E-state index contributed by atoms with van der Waals surface area (Å²) >= 11 is 5.68. The van der Waals surface area contributed by atoms with Crippen molar-refractivity contribution >= 4 is 75.9 Å². The van der Waals surface area contributed by atoms with E-state index in [-0.39, 0.29) is 17.2 Å². The van der Waals surface area contributed by atoms with Crippen LogP contribution < -0.4 is 16.8 Å². The van der Waals surface area contributed by atoms with E-state index < -0.39 is 34.9 Å². The molecule has 16 heteroatoms. The first kappa shape index (κ1) is 26.3. The first-order valence-electron chi connectivity index (χ1n) is 10.4. The number of aliphatic carboxylic acids is 1. The number of nitrogens with zero attached hydrogens (tertiary/aromatic N) is 4. The van der Waals surface area contributed by atoms with Crippen LogP contribution in [0.25, 0.3) is 0 Å². The van der Waals surface area contributed by atoms with Gasteiger partial charge in [-0.3, -0.25) is 14.5 Å². The number of hydrogen-bond acceptors (Lipinski definition) is 13. The summed E-state index contributed by atoms with van der Waals surface area (Å²) < 4.78 is 0.864. The number of carboxylic acids is 1. The molecule has 4 heterocycles. The molecule has 2 amide bonds. The maximum absolute atomic E-state index is 13.0. The Balaban J connectivity index is 1.50. The number of nitrogens with two attached hydrogens (primary N) is 2. The standard InChI is InChI=1S/C20H21N7O5S4/c21-4-5-33-6-10-20(35-8-23-10)36-11-7-34-18-14(17(29)27(18)15(11)19(30)31)25-16(28)13(26-32)9-2-1-3-12(22)24-9/h1-3,8,14,18,32H,4-7,21H2,(H2,22,24)(H,25,28)(H,30,31)/b26-13-. The highest BCUT2D eigenvalue weighted by Crippen LogP contribution is 2.46. The fourth-order valence-corrected chi connectivity index (χ4v) is 7.93. The topological polar surface area (TPSA) is 197 Å². The Morgan fingerprint density at radius 2 is 2.17 bits per heavy atom. The van der Waals surface area contributed by atoms with Gasteiger partial charge >= 0.3 is 5.97 Å². The van der Waals surface area contributed by atoms with Gasteiger partial charge in [0.25, 0.3) is 11.8 Å². The quantitative estimate of drug-likeness (QED) is 0.0898. The Hall–Kier alpha value is -2.79. The van der Waals surface area contributed by atoms with Crippen molar-refractivity contribution in [3.63, 3.8) is 0 Å². The van der Waals surface area contributed by atoms with E-state index in [0.717, 1.165) is 15.7 Å². The number of rotatable bonds is 10. The molecule has 190 valence electrons. The SMILES string of the molecule is NCCSCc1ncsc1SC1=C(C(=O)O)N2C(=O)C(NC(=O)/C(=N\O)c3cccc(N)n3)C2SC1.